The molecular weight excluding hydrogens is 368 g/mol. The molecule has 1 fully saturated rings. The minimum Gasteiger partial charge on any atom is -0.366 e. The molecular formula is C19H20N2O3S2. The molecule has 0 spiro atoms. The van der Waals surface area contributed by atoms with Gasteiger partial charge in [-0.15, -0.1) is 11.3 Å². The number of benzene rings is 1. The number of hydrogen-bond acceptors (Lipinski definition) is 4. The third-order valence-electron chi connectivity index (χ3n) is 5.15. The molecule has 5 nitrogen and oxygen atoms in total. The number of amides is 1. The first-order valence-electron chi connectivity index (χ1n) is 8.55. The number of carbonyl (C=O) groups excluding carboxylic acids is 1. The number of hydrogen-bond donors (Lipinski definition) is 2. The molecule has 136 valence electrons. The predicted molar refractivity (Wildman–Crippen MR) is 105 cm³/mol. The van der Waals surface area contributed by atoms with Gasteiger partial charge in [0.05, 0.1) is 22.6 Å². The topological polar surface area (TPSA) is 93.0 Å². The predicted octanol–water partition coefficient (Wildman–Crippen LogP) is 3.60. The highest BCUT2D eigenvalue weighted by Gasteiger charge is 2.27. The van der Waals surface area contributed by atoms with Crippen molar-refractivity contribution in [1.29, 1.82) is 0 Å². The van der Waals surface area contributed by atoms with Crippen molar-refractivity contribution in [3.05, 3.63) is 45.8 Å². The van der Waals surface area contributed by atoms with Crippen molar-refractivity contribution in [2.75, 3.05) is 11.5 Å². The lowest BCUT2D eigenvalue weighted by molar-refractivity contribution is 0.100. The van der Waals surface area contributed by atoms with Crippen molar-refractivity contribution >= 4 is 38.0 Å². The van der Waals surface area contributed by atoms with Crippen LogP contribution in [0.1, 0.15) is 39.6 Å². The molecule has 26 heavy (non-hydrogen) atoms. The SMILES string of the molecule is Cc1cc(-c2cc(C(N)=O)c3[nH]cc(C4CCS(=O)(=O)CC4)c3c2)cs1. The largest absolute Gasteiger partial charge is 0.366 e. The molecule has 0 atom stereocenters. The van der Waals surface area contributed by atoms with E-state index in [9.17, 15) is 13.2 Å². The summed E-state index contributed by atoms with van der Waals surface area (Å²) in [5.41, 5.74) is 9.92. The van der Waals surface area contributed by atoms with Crippen molar-refractivity contribution in [2.45, 2.75) is 25.7 Å². The first-order chi connectivity index (χ1) is 12.3. The van der Waals surface area contributed by atoms with Gasteiger partial charge in [0.25, 0.3) is 5.91 Å². The first-order valence-corrected chi connectivity index (χ1v) is 11.2. The zero-order valence-corrected chi connectivity index (χ0v) is 16.0. The maximum atomic E-state index is 12.0. The summed E-state index contributed by atoms with van der Waals surface area (Å²) in [6.07, 6.45) is 3.13. The van der Waals surface area contributed by atoms with Crippen LogP contribution in [0.4, 0.5) is 0 Å². The Hall–Kier alpha value is -2.12. The zero-order chi connectivity index (χ0) is 18.5. The summed E-state index contributed by atoms with van der Waals surface area (Å²) in [5.74, 6) is 0.142. The van der Waals surface area contributed by atoms with Crippen LogP contribution in [-0.2, 0) is 9.84 Å². The third kappa shape index (κ3) is 3.05. The van der Waals surface area contributed by atoms with Crippen LogP contribution in [-0.4, -0.2) is 30.8 Å². The van der Waals surface area contributed by atoms with E-state index < -0.39 is 15.7 Å². The lowest BCUT2D eigenvalue weighted by Crippen LogP contribution is -2.22. The van der Waals surface area contributed by atoms with E-state index in [1.54, 1.807) is 11.3 Å². The average molecular weight is 389 g/mol. The van der Waals surface area contributed by atoms with E-state index in [-0.39, 0.29) is 17.4 Å². The monoisotopic (exact) mass is 388 g/mol. The molecule has 3 aromatic rings. The van der Waals surface area contributed by atoms with Crippen LogP contribution in [0.15, 0.2) is 29.8 Å². The quantitative estimate of drug-likeness (QED) is 0.718. The van der Waals surface area contributed by atoms with Crippen LogP contribution >= 0.6 is 11.3 Å². The molecule has 1 aliphatic rings. The van der Waals surface area contributed by atoms with Gasteiger partial charge >= 0.3 is 0 Å². The van der Waals surface area contributed by atoms with Crippen LogP contribution < -0.4 is 5.73 Å². The van der Waals surface area contributed by atoms with Crippen LogP contribution in [0, 0.1) is 6.92 Å². The Labute approximate surface area is 156 Å². The number of nitrogens with one attached hydrogen (secondary N) is 1. The number of aromatic amines is 1. The highest BCUT2D eigenvalue weighted by atomic mass is 32.2. The fourth-order valence-corrected chi connectivity index (χ4v) is 5.95. The summed E-state index contributed by atoms with van der Waals surface area (Å²) in [4.78, 5) is 16.4. The van der Waals surface area contributed by atoms with E-state index in [0.717, 1.165) is 27.6 Å². The molecule has 3 heterocycles. The number of sulfone groups is 1. The minimum absolute atomic E-state index is 0.174. The first kappa shape index (κ1) is 17.3. The van der Waals surface area contributed by atoms with Gasteiger partial charge in [0.15, 0.2) is 0 Å². The second-order valence-electron chi connectivity index (χ2n) is 6.93. The van der Waals surface area contributed by atoms with Gasteiger partial charge in [0.1, 0.15) is 9.84 Å². The summed E-state index contributed by atoms with van der Waals surface area (Å²) in [5, 5.41) is 3.03. The van der Waals surface area contributed by atoms with Gasteiger partial charge in [-0.3, -0.25) is 4.79 Å². The van der Waals surface area contributed by atoms with Gasteiger partial charge in [-0.05, 0) is 66.0 Å². The lowest BCUT2D eigenvalue weighted by Gasteiger charge is -2.21. The summed E-state index contributed by atoms with van der Waals surface area (Å²) in [7, 11) is -2.91. The molecule has 7 heteroatoms. The van der Waals surface area contributed by atoms with Crippen molar-refractivity contribution < 1.29 is 13.2 Å². The Balaban J connectivity index is 1.85. The molecule has 4 rings (SSSR count). The maximum absolute atomic E-state index is 12.0. The number of aromatic nitrogens is 1. The number of rotatable bonds is 3. The van der Waals surface area contributed by atoms with Crippen molar-refractivity contribution in [2.24, 2.45) is 5.73 Å². The number of carbonyl (C=O) groups is 1. The summed E-state index contributed by atoms with van der Waals surface area (Å²) in [6.45, 7) is 2.05. The highest BCUT2D eigenvalue weighted by molar-refractivity contribution is 7.91. The number of primary amides is 1. The van der Waals surface area contributed by atoms with Crippen molar-refractivity contribution in [1.82, 2.24) is 4.98 Å². The smallest absolute Gasteiger partial charge is 0.250 e. The molecule has 1 saturated heterocycles. The van der Waals surface area contributed by atoms with E-state index in [2.05, 4.69) is 22.5 Å². The Morgan fingerprint density at radius 2 is 1.92 bits per heavy atom. The second-order valence-corrected chi connectivity index (χ2v) is 10.3. The lowest BCUT2D eigenvalue weighted by atomic mass is 9.91. The average Bonchev–Trinajstić information content (AvgIpc) is 3.20. The van der Waals surface area contributed by atoms with Gasteiger partial charge in [-0.1, -0.05) is 0 Å². The van der Waals surface area contributed by atoms with Crippen LogP contribution in [0.25, 0.3) is 22.0 Å². The fraction of sp³-hybridized carbons (Fsp3) is 0.316. The van der Waals surface area contributed by atoms with Crippen LogP contribution in [0.5, 0.6) is 0 Å². The molecule has 3 N–H and O–H groups in total. The summed E-state index contributed by atoms with van der Waals surface area (Å²) >= 11 is 1.66. The number of H-pyrrole nitrogens is 1. The van der Waals surface area contributed by atoms with E-state index >= 15 is 0 Å². The van der Waals surface area contributed by atoms with Gasteiger partial charge in [0.2, 0.25) is 0 Å². The summed E-state index contributed by atoms with van der Waals surface area (Å²) in [6, 6.07) is 6.01. The van der Waals surface area contributed by atoms with Crippen molar-refractivity contribution in [3.63, 3.8) is 0 Å². The van der Waals surface area contributed by atoms with Crippen molar-refractivity contribution in [3.8, 4) is 11.1 Å². The molecule has 0 radical (unpaired) electrons. The molecule has 1 aromatic carbocycles. The minimum atomic E-state index is -2.91. The second kappa shape index (κ2) is 6.25. The third-order valence-corrected chi connectivity index (χ3v) is 7.72. The van der Waals surface area contributed by atoms with Gasteiger partial charge in [-0.25, -0.2) is 8.42 Å². The highest BCUT2D eigenvalue weighted by Crippen LogP contribution is 2.37. The molecule has 0 aliphatic carbocycles. The van der Waals surface area contributed by atoms with E-state index in [4.69, 9.17) is 5.73 Å². The van der Waals surface area contributed by atoms with E-state index in [1.807, 2.05) is 19.2 Å². The molecule has 2 aromatic heterocycles. The molecule has 1 amide bonds. The molecule has 0 bridgehead atoms. The molecule has 0 unspecified atom stereocenters. The Morgan fingerprint density at radius 3 is 2.54 bits per heavy atom. The van der Waals surface area contributed by atoms with Crippen LogP contribution in [0.2, 0.25) is 0 Å². The normalized spacial score (nSPS) is 17.6. The van der Waals surface area contributed by atoms with Gasteiger partial charge in [-0.2, -0.15) is 0 Å². The van der Waals surface area contributed by atoms with Gasteiger partial charge in [0, 0.05) is 16.5 Å². The van der Waals surface area contributed by atoms with E-state index in [0.29, 0.717) is 18.4 Å². The number of aryl methyl sites for hydroxylation is 1. The number of thiophene rings is 1. The maximum Gasteiger partial charge on any atom is 0.250 e. The Kier molecular flexibility index (Phi) is 4.16. The standard InChI is InChI=1S/C19H20N2O3S2/c1-11-6-14(10-25-11)13-7-15-17(12-2-4-26(23,24)5-3-12)9-21-18(15)16(8-13)19(20)22/h6-10,12,21H,2-5H2,1H3,(H2,20,22). The Bertz CT molecular complexity index is 1100. The van der Waals surface area contributed by atoms with Gasteiger partial charge < -0.3 is 10.7 Å². The molecule has 0 saturated carbocycles. The Morgan fingerprint density at radius 1 is 1.19 bits per heavy atom. The number of nitrogens with two attached hydrogens (primary N) is 1. The van der Waals surface area contributed by atoms with E-state index in [1.165, 1.54) is 4.88 Å². The van der Waals surface area contributed by atoms with Crippen LogP contribution in [0.3, 0.4) is 0 Å². The number of fused-ring (bicyclic) bond motifs is 1. The zero-order valence-electron chi connectivity index (χ0n) is 14.4. The summed E-state index contributed by atoms with van der Waals surface area (Å²) < 4.78 is 23.5. The fourth-order valence-electron chi connectivity index (χ4n) is 3.75. The molecule has 1 aliphatic heterocycles.